The molecule has 0 aliphatic rings. The average molecular weight is 268 g/mol. The summed E-state index contributed by atoms with van der Waals surface area (Å²) in [6.07, 6.45) is 4.23. The smallest absolute Gasteiger partial charge is 0.315 e. The number of rotatable bonds is 8. The second-order valence-electron chi connectivity index (χ2n) is 4.29. The van der Waals surface area contributed by atoms with Crippen LogP contribution in [-0.2, 0) is 18.4 Å². The number of aryl methyl sites for hydroxylation is 1. The quantitative estimate of drug-likeness (QED) is 0.609. The number of aromatic nitrogens is 2. The fourth-order valence-electron chi connectivity index (χ4n) is 1.57. The zero-order chi connectivity index (χ0) is 14.1. The van der Waals surface area contributed by atoms with E-state index in [0.29, 0.717) is 19.5 Å². The number of carboxylic acid groups (broad SMARTS) is 1. The van der Waals surface area contributed by atoms with Crippen LogP contribution in [0.3, 0.4) is 0 Å². The molecular formula is C12H20N4O3. The maximum Gasteiger partial charge on any atom is 0.315 e. The van der Waals surface area contributed by atoms with Gasteiger partial charge in [-0.1, -0.05) is 6.42 Å². The molecule has 0 fully saturated rings. The van der Waals surface area contributed by atoms with Crippen LogP contribution in [0.15, 0.2) is 12.3 Å². The van der Waals surface area contributed by atoms with Gasteiger partial charge in [0.05, 0.1) is 12.2 Å². The van der Waals surface area contributed by atoms with E-state index in [9.17, 15) is 9.59 Å². The number of unbranched alkanes of at least 4 members (excludes halogenated alkanes) is 2. The summed E-state index contributed by atoms with van der Waals surface area (Å²) in [5, 5.41) is 18.0. The standard InChI is InChI=1S/C12H20N4O3/c1-16-8-6-10(15-16)9-14-12(19)13-7-4-2-3-5-11(17)18/h6,8H,2-5,7,9H2,1H3,(H,17,18)(H2,13,14,19). The Balaban J connectivity index is 2.00. The van der Waals surface area contributed by atoms with Gasteiger partial charge in [-0.2, -0.15) is 5.10 Å². The first-order chi connectivity index (χ1) is 9.08. The number of hydrogen-bond acceptors (Lipinski definition) is 3. The van der Waals surface area contributed by atoms with Crippen molar-refractivity contribution >= 4 is 12.0 Å². The van der Waals surface area contributed by atoms with E-state index in [0.717, 1.165) is 18.5 Å². The minimum absolute atomic E-state index is 0.186. The van der Waals surface area contributed by atoms with Gasteiger partial charge in [-0.3, -0.25) is 9.48 Å². The van der Waals surface area contributed by atoms with Gasteiger partial charge in [0, 0.05) is 26.2 Å². The van der Waals surface area contributed by atoms with Crippen molar-refractivity contribution in [3.05, 3.63) is 18.0 Å². The highest BCUT2D eigenvalue weighted by Crippen LogP contribution is 1.98. The number of aliphatic carboxylic acids is 1. The number of amides is 2. The van der Waals surface area contributed by atoms with Gasteiger partial charge in [0.2, 0.25) is 0 Å². The molecule has 1 rings (SSSR count). The lowest BCUT2D eigenvalue weighted by Crippen LogP contribution is -2.35. The molecule has 0 saturated heterocycles. The van der Waals surface area contributed by atoms with Gasteiger partial charge in [0.25, 0.3) is 0 Å². The van der Waals surface area contributed by atoms with Gasteiger partial charge in [-0.25, -0.2) is 4.79 Å². The predicted molar refractivity (Wildman–Crippen MR) is 69.6 cm³/mol. The largest absolute Gasteiger partial charge is 0.481 e. The summed E-state index contributed by atoms with van der Waals surface area (Å²) in [4.78, 5) is 21.7. The molecule has 0 aliphatic carbocycles. The van der Waals surface area contributed by atoms with Crippen molar-refractivity contribution < 1.29 is 14.7 Å². The third-order valence-corrected chi connectivity index (χ3v) is 2.55. The Morgan fingerprint density at radius 3 is 2.74 bits per heavy atom. The summed E-state index contributed by atoms with van der Waals surface area (Å²) in [7, 11) is 1.82. The molecule has 0 aliphatic heterocycles. The van der Waals surface area contributed by atoms with Crippen molar-refractivity contribution in [3.63, 3.8) is 0 Å². The van der Waals surface area contributed by atoms with Crippen LogP contribution in [0, 0.1) is 0 Å². The monoisotopic (exact) mass is 268 g/mol. The van der Waals surface area contributed by atoms with Crippen LogP contribution in [0.2, 0.25) is 0 Å². The topological polar surface area (TPSA) is 96.2 Å². The fraction of sp³-hybridized carbons (Fsp3) is 0.583. The van der Waals surface area contributed by atoms with Crippen LogP contribution >= 0.6 is 0 Å². The predicted octanol–water partition coefficient (Wildman–Crippen LogP) is 0.864. The lowest BCUT2D eigenvalue weighted by molar-refractivity contribution is -0.137. The van der Waals surface area contributed by atoms with Crippen molar-refractivity contribution in [2.45, 2.75) is 32.2 Å². The fourth-order valence-corrected chi connectivity index (χ4v) is 1.57. The van der Waals surface area contributed by atoms with Crippen molar-refractivity contribution in [3.8, 4) is 0 Å². The molecule has 1 heterocycles. The zero-order valence-corrected chi connectivity index (χ0v) is 11.1. The minimum atomic E-state index is -0.777. The number of carboxylic acids is 1. The van der Waals surface area contributed by atoms with Crippen molar-refractivity contribution in [1.29, 1.82) is 0 Å². The molecule has 0 radical (unpaired) electrons. The Morgan fingerprint density at radius 1 is 1.32 bits per heavy atom. The molecule has 7 heteroatoms. The van der Waals surface area contributed by atoms with Crippen LogP contribution in [0.25, 0.3) is 0 Å². The molecule has 0 spiro atoms. The Kier molecular flexibility index (Phi) is 6.42. The first kappa shape index (κ1) is 15.0. The first-order valence-corrected chi connectivity index (χ1v) is 6.30. The first-order valence-electron chi connectivity index (χ1n) is 6.30. The number of hydrogen-bond donors (Lipinski definition) is 3. The van der Waals surface area contributed by atoms with Gasteiger partial charge >= 0.3 is 12.0 Å². The lowest BCUT2D eigenvalue weighted by Gasteiger charge is -2.06. The van der Waals surface area contributed by atoms with E-state index in [4.69, 9.17) is 5.11 Å². The maximum atomic E-state index is 11.4. The average Bonchev–Trinajstić information content (AvgIpc) is 2.76. The molecule has 2 amide bonds. The highest BCUT2D eigenvalue weighted by Gasteiger charge is 2.02. The normalized spacial score (nSPS) is 10.2. The summed E-state index contributed by atoms with van der Waals surface area (Å²) in [6, 6.07) is 1.61. The SMILES string of the molecule is Cn1ccc(CNC(=O)NCCCCCC(=O)O)n1. The number of nitrogens with zero attached hydrogens (tertiary/aromatic N) is 2. The second-order valence-corrected chi connectivity index (χ2v) is 4.29. The molecule has 19 heavy (non-hydrogen) atoms. The molecule has 1 aromatic rings. The Bertz CT molecular complexity index is 417. The van der Waals surface area contributed by atoms with Gasteiger partial charge in [0.15, 0.2) is 0 Å². The van der Waals surface area contributed by atoms with E-state index < -0.39 is 5.97 Å². The van der Waals surface area contributed by atoms with E-state index in [1.807, 2.05) is 19.3 Å². The molecule has 1 aromatic heterocycles. The molecule has 0 bridgehead atoms. The molecule has 0 unspecified atom stereocenters. The number of nitrogens with one attached hydrogen (secondary N) is 2. The summed E-state index contributed by atoms with van der Waals surface area (Å²) < 4.78 is 1.68. The van der Waals surface area contributed by atoms with E-state index in [1.165, 1.54) is 0 Å². The highest BCUT2D eigenvalue weighted by atomic mass is 16.4. The minimum Gasteiger partial charge on any atom is -0.481 e. The van der Waals surface area contributed by atoms with Gasteiger partial charge < -0.3 is 15.7 Å². The van der Waals surface area contributed by atoms with E-state index in [2.05, 4.69) is 15.7 Å². The van der Waals surface area contributed by atoms with Gasteiger partial charge in [-0.05, 0) is 18.9 Å². The van der Waals surface area contributed by atoms with E-state index in [-0.39, 0.29) is 12.5 Å². The summed E-state index contributed by atoms with van der Waals surface area (Å²) in [5.41, 5.74) is 0.805. The molecular weight excluding hydrogens is 248 g/mol. The number of carbonyl (C=O) groups excluding carboxylic acids is 1. The Morgan fingerprint density at radius 2 is 2.11 bits per heavy atom. The van der Waals surface area contributed by atoms with E-state index >= 15 is 0 Å². The van der Waals surface area contributed by atoms with Crippen molar-refractivity contribution in [2.75, 3.05) is 6.54 Å². The van der Waals surface area contributed by atoms with Gasteiger partial charge in [0.1, 0.15) is 0 Å². The Hall–Kier alpha value is -2.05. The van der Waals surface area contributed by atoms with Crippen LogP contribution in [-0.4, -0.2) is 33.4 Å². The molecule has 106 valence electrons. The second kappa shape index (κ2) is 8.12. The molecule has 3 N–H and O–H groups in total. The third-order valence-electron chi connectivity index (χ3n) is 2.55. The zero-order valence-electron chi connectivity index (χ0n) is 11.1. The van der Waals surface area contributed by atoms with Crippen molar-refractivity contribution in [1.82, 2.24) is 20.4 Å². The van der Waals surface area contributed by atoms with Crippen LogP contribution in [0.1, 0.15) is 31.4 Å². The lowest BCUT2D eigenvalue weighted by atomic mass is 10.2. The van der Waals surface area contributed by atoms with Gasteiger partial charge in [-0.15, -0.1) is 0 Å². The Labute approximate surface area is 112 Å². The third kappa shape index (κ3) is 7.07. The molecule has 0 atom stereocenters. The van der Waals surface area contributed by atoms with Crippen molar-refractivity contribution in [2.24, 2.45) is 7.05 Å². The van der Waals surface area contributed by atoms with Crippen LogP contribution in [0.5, 0.6) is 0 Å². The summed E-state index contributed by atoms with van der Waals surface area (Å²) in [5.74, 6) is -0.777. The van der Waals surface area contributed by atoms with E-state index in [1.54, 1.807) is 4.68 Å². The summed E-state index contributed by atoms with van der Waals surface area (Å²) >= 11 is 0. The summed E-state index contributed by atoms with van der Waals surface area (Å²) in [6.45, 7) is 0.944. The molecule has 0 saturated carbocycles. The highest BCUT2D eigenvalue weighted by molar-refractivity contribution is 5.73. The molecule has 0 aromatic carbocycles. The van der Waals surface area contributed by atoms with Crippen LogP contribution in [0.4, 0.5) is 4.79 Å². The molecule has 7 nitrogen and oxygen atoms in total. The maximum absolute atomic E-state index is 11.4. The van der Waals surface area contributed by atoms with Crippen LogP contribution < -0.4 is 10.6 Å². The number of carbonyl (C=O) groups is 2. The number of urea groups is 1.